The number of non-ortho nitro benzene ring substituents is 1. The number of hydrogen-bond donors (Lipinski definition) is 1. The summed E-state index contributed by atoms with van der Waals surface area (Å²) in [7, 11) is 3.60. The van der Waals surface area contributed by atoms with Crippen LogP contribution >= 0.6 is 0 Å². The van der Waals surface area contributed by atoms with E-state index in [1.807, 2.05) is 0 Å². The van der Waals surface area contributed by atoms with Gasteiger partial charge in [0.15, 0.2) is 0 Å². The molecule has 6 heteroatoms. The van der Waals surface area contributed by atoms with E-state index in [9.17, 15) is 10.1 Å². The highest BCUT2D eigenvalue weighted by molar-refractivity contribution is 5.56. The largest absolute Gasteiger partial charge is 0.496 e. The first-order valence-corrected chi connectivity index (χ1v) is 6.37. The number of rotatable bonds is 4. The van der Waals surface area contributed by atoms with Crippen molar-refractivity contribution in [3.05, 3.63) is 28.3 Å². The zero-order valence-corrected chi connectivity index (χ0v) is 11.3. The third-order valence-corrected chi connectivity index (χ3v) is 3.33. The number of methoxy groups -OCH3 is 1. The second kappa shape index (κ2) is 5.88. The number of likely N-dealkylation sites (N-methyl/N-ethyl adjacent to an activating group) is 1. The van der Waals surface area contributed by atoms with E-state index in [-0.39, 0.29) is 5.69 Å². The van der Waals surface area contributed by atoms with Crippen LogP contribution in [0, 0.1) is 10.1 Å². The lowest BCUT2D eigenvalue weighted by Crippen LogP contribution is -2.39. The number of ether oxygens (including phenoxy) is 1. The fourth-order valence-corrected chi connectivity index (χ4v) is 2.41. The van der Waals surface area contributed by atoms with Crippen LogP contribution in [0.5, 0.6) is 5.75 Å². The minimum atomic E-state index is -0.402. The molecule has 1 N–H and O–H groups in total. The van der Waals surface area contributed by atoms with Gasteiger partial charge in [0.2, 0.25) is 0 Å². The van der Waals surface area contributed by atoms with Crippen LogP contribution in [-0.4, -0.2) is 43.1 Å². The highest BCUT2D eigenvalue weighted by Crippen LogP contribution is 2.27. The number of anilines is 1. The Balaban J connectivity index is 2.14. The Bertz CT molecular complexity index is 464. The molecule has 1 atom stereocenters. The topological polar surface area (TPSA) is 67.6 Å². The van der Waals surface area contributed by atoms with Crippen molar-refractivity contribution < 1.29 is 9.66 Å². The molecule has 1 fully saturated rings. The van der Waals surface area contributed by atoms with Crippen molar-refractivity contribution in [1.82, 2.24) is 4.90 Å². The minimum absolute atomic E-state index is 0.0472. The molecule has 1 unspecified atom stereocenters. The first kappa shape index (κ1) is 13.6. The summed E-state index contributed by atoms with van der Waals surface area (Å²) in [4.78, 5) is 12.7. The molecule has 2 rings (SSSR count). The third-order valence-electron chi connectivity index (χ3n) is 3.33. The summed E-state index contributed by atoms with van der Waals surface area (Å²) in [6, 6.07) is 5.10. The minimum Gasteiger partial charge on any atom is -0.496 e. The quantitative estimate of drug-likeness (QED) is 0.667. The molecule has 0 aromatic heterocycles. The molecule has 1 heterocycles. The van der Waals surface area contributed by atoms with Crippen LogP contribution in [0.1, 0.15) is 12.8 Å². The van der Waals surface area contributed by atoms with Crippen LogP contribution < -0.4 is 10.1 Å². The molecule has 1 aliphatic rings. The number of hydrogen-bond acceptors (Lipinski definition) is 5. The molecule has 1 aliphatic heterocycles. The molecule has 0 spiro atoms. The Kier molecular flexibility index (Phi) is 4.21. The summed E-state index contributed by atoms with van der Waals surface area (Å²) in [5.74, 6) is 0.501. The lowest BCUT2D eigenvalue weighted by atomic mass is 10.1. The van der Waals surface area contributed by atoms with E-state index in [4.69, 9.17) is 4.74 Å². The fraction of sp³-hybridized carbons (Fsp3) is 0.538. The first-order valence-electron chi connectivity index (χ1n) is 6.37. The Labute approximate surface area is 112 Å². The van der Waals surface area contributed by atoms with E-state index in [1.54, 1.807) is 12.1 Å². The smallest absolute Gasteiger partial charge is 0.275 e. The van der Waals surface area contributed by atoms with Gasteiger partial charge in [0.25, 0.3) is 5.69 Å². The van der Waals surface area contributed by atoms with Crippen molar-refractivity contribution in [2.24, 2.45) is 0 Å². The Morgan fingerprint density at radius 1 is 1.47 bits per heavy atom. The molecule has 0 radical (unpaired) electrons. The molecule has 104 valence electrons. The number of piperidine rings is 1. The maximum atomic E-state index is 10.9. The zero-order valence-electron chi connectivity index (χ0n) is 11.3. The molecule has 0 bridgehead atoms. The van der Waals surface area contributed by atoms with E-state index >= 15 is 0 Å². The molecule has 0 saturated carbocycles. The SMILES string of the molecule is COc1cc(NC2CCCN(C)C2)cc([N+](=O)[O-])c1. The first-order chi connectivity index (χ1) is 9.08. The van der Waals surface area contributed by atoms with Gasteiger partial charge in [-0.2, -0.15) is 0 Å². The Morgan fingerprint density at radius 3 is 2.89 bits per heavy atom. The van der Waals surface area contributed by atoms with E-state index in [1.165, 1.54) is 13.2 Å². The number of nitrogens with one attached hydrogen (secondary N) is 1. The van der Waals surface area contributed by atoms with Crippen molar-refractivity contribution in [2.45, 2.75) is 18.9 Å². The summed E-state index contributed by atoms with van der Waals surface area (Å²) < 4.78 is 5.10. The highest BCUT2D eigenvalue weighted by Gasteiger charge is 2.18. The van der Waals surface area contributed by atoms with E-state index in [0.717, 1.165) is 31.6 Å². The third kappa shape index (κ3) is 3.57. The summed E-state index contributed by atoms with van der Waals surface area (Å²) in [6.45, 7) is 2.06. The van der Waals surface area contributed by atoms with Gasteiger partial charge in [-0.1, -0.05) is 0 Å². The lowest BCUT2D eigenvalue weighted by molar-refractivity contribution is -0.384. The molecule has 0 amide bonds. The number of nitrogens with zero attached hydrogens (tertiary/aromatic N) is 2. The van der Waals surface area contributed by atoms with Crippen LogP contribution in [0.25, 0.3) is 0 Å². The molecule has 1 aromatic rings. The van der Waals surface area contributed by atoms with Crippen LogP contribution in [0.2, 0.25) is 0 Å². The van der Waals surface area contributed by atoms with Crippen molar-refractivity contribution >= 4 is 11.4 Å². The van der Waals surface area contributed by atoms with Gasteiger partial charge in [-0.25, -0.2) is 0 Å². The predicted molar refractivity (Wildman–Crippen MR) is 73.8 cm³/mol. The number of nitro benzene ring substituents is 1. The summed E-state index contributed by atoms with van der Waals surface area (Å²) in [5.41, 5.74) is 0.789. The van der Waals surface area contributed by atoms with Gasteiger partial charge in [-0.3, -0.25) is 10.1 Å². The van der Waals surface area contributed by atoms with Gasteiger partial charge in [0.05, 0.1) is 18.1 Å². The predicted octanol–water partition coefficient (Wildman–Crippen LogP) is 2.11. The summed E-state index contributed by atoms with van der Waals surface area (Å²) in [6.07, 6.45) is 2.22. The van der Waals surface area contributed by atoms with Crippen molar-refractivity contribution in [1.29, 1.82) is 0 Å². The van der Waals surface area contributed by atoms with Crippen LogP contribution in [0.15, 0.2) is 18.2 Å². The van der Waals surface area contributed by atoms with Crippen LogP contribution in [0.4, 0.5) is 11.4 Å². The normalized spacial score (nSPS) is 20.0. The molecule has 1 saturated heterocycles. The van der Waals surface area contributed by atoms with Crippen LogP contribution in [0.3, 0.4) is 0 Å². The van der Waals surface area contributed by atoms with Gasteiger partial charge in [-0.05, 0) is 26.4 Å². The van der Waals surface area contributed by atoms with Gasteiger partial charge in [0.1, 0.15) is 5.75 Å². The molecular weight excluding hydrogens is 246 g/mol. The second-order valence-corrected chi connectivity index (χ2v) is 4.92. The van der Waals surface area contributed by atoms with E-state index in [0.29, 0.717) is 11.8 Å². The lowest BCUT2D eigenvalue weighted by Gasteiger charge is -2.30. The van der Waals surface area contributed by atoms with Crippen LogP contribution in [-0.2, 0) is 0 Å². The number of likely N-dealkylation sites (tertiary alicyclic amines) is 1. The van der Waals surface area contributed by atoms with E-state index < -0.39 is 4.92 Å². The van der Waals surface area contributed by atoms with Gasteiger partial charge in [-0.15, -0.1) is 0 Å². The summed E-state index contributed by atoms with van der Waals surface area (Å²) >= 11 is 0. The number of benzene rings is 1. The standard InChI is InChI=1S/C13H19N3O3/c1-15-5-3-4-10(9-15)14-11-6-12(16(17)18)8-13(7-11)19-2/h6-8,10,14H,3-5,9H2,1-2H3. The average Bonchev–Trinajstić information content (AvgIpc) is 2.38. The zero-order chi connectivity index (χ0) is 13.8. The average molecular weight is 265 g/mol. The molecule has 1 aromatic carbocycles. The number of nitro groups is 1. The highest BCUT2D eigenvalue weighted by atomic mass is 16.6. The monoisotopic (exact) mass is 265 g/mol. The Morgan fingerprint density at radius 2 is 2.26 bits per heavy atom. The van der Waals surface area contributed by atoms with Gasteiger partial charge < -0.3 is 15.0 Å². The summed E-state index contributed by atoms with van der Waals surface area (Å²) in [5, 5.41) is 14.2. The fourth-order valence-electron chi connectivity index (χ4n) is 2.41. The van der Waals surface area contributed by atoms with Gasteiger partial charge in [0, 0.05) is 30.4 Å². The molecule has 6 nitrogen and oxygen atoms in total. The maximum absolute atomic E-state index is 10.9. The van der Waals surface area contributed by atoms with Crippen molar-refractivity contribution in [2.75, 3.05) is 32.6 Å². The van der Waals surface area contributed by atoms with Crippen molar-refractivity contribution in [3.8, 4) is 5.75 Å². The molecule has 19 heavy (non-hydrogen) atoms. The molecule has 0 aliphatic carbocycles. The molecular formula is C13H19N3O3. The second-order valence-electron chi connectivity index (χ2n) is 4.92. The van der Waals surface area contributed by atoms with Crippen molar-refractivity contribution in [3.63, 3.8) is 0 Å². The maximum Gasteiger partial charge on any atom is 0.275 e. The van der Waals surface area contributed by atoms with Gasteiger partial charge >= 0.3 is 0 Å². The van der Waals surface area contributed by atoms with E-state index in [2.05, 4.69) is 17.3 Å². The Hall–Kier alpha value is -1.82.